The number of unbranched alkanes of at least 4 members (excludes halogenated alkanes) is 38. The van der Waals surface area contributed by atoms with E-state index in [4.69, 9.17) is 14.2 Å². The molecule has 0 aliphatic heterocycles. The van der Waals surface area contributed by atoms with Gasteiger partial charge in [0.05, 0.1) is 0 Å². The van der Waals surface area contributed by atoms with Crippen molar-refractivity contribution in [1.82, 2.24) is 0 Å². The molecule has 6 nitrogen and oxygen atoms in total. The van der Waals surface area contributed by atoms with Crippen LogP contribution in [-0.4, -0.2) is 37.2 Å². The summed E-state index contributed by atoms with van der Waals surface area (Å²) in [5.41, 5.74) is 0. The number of hydrogen-bond donors (Lipinski definition) is 0. The highest BCUT2D eigenvalue weighted by Gasteiger charge is 2.19. The van der Waals surface area contributed by atoms with Crippen LogP contribution in [0.2, 0.25) is 0 Å². The third-order valence-electron chi connectivity index (χ3n) is 15.5. The summed E-state index contributed by atoms with van der Waals surface area (Å²) < 4.78 is 17.0. The summed E-state index contributed by atoms with van der Waals surface area (Å²) >= 11 is 0. The zero-order valence-electron chi connectivity index (χ0n) is 54.9. The topological polar surface area (TPSA) is 78.9 Å². The van der Waals surface area contributed by atoms with E-state index in [1.807, 2.05) is 0 Å². The standard InChI is InChI=1S/C77H134O6/c1-4-7-10-13-16-19-22-25-28-31-33-35-36-37-38-39-40-42-43-46-49-52-55-58-61-64-67-70-76(79)82-73-74(72-81-75(78)69-66-63-60-57-54-51-48-45-30-27-24-21-18-15-12-9-6-3)83-77(80)71-68-65-62-59-56-53-50-47-44-41-34-32-29-26-23-20-17-14-11-8-5-2/h7,10,16,19,23,25-28,30,32-35,44,47,74H,4-6,8-9,11-15,17-18,20-22,24,29,31,36-43,45-46,48-73H2,1-3H3/b10-7-,19-16-,26-23-,28-25-,30-27-,34-32-,35-33-,47-44-. The summed E-state index contributed by atoms with van der Waals surface area (Å²) in [6, 6.07) is 0. The first-order valence-corrected chi connectivity index (χ1v) is 35.7. The third-order valence-corrected chi connectivity index (χ3v) is 15.5. The Hall–Kier alpha value is -3.67. The summed E-state index contributed by atoms with van der Waals surface area (Å²) in [7, 11) is 0. The fraction of sp³-hybridized carbons (Fsp3) is 0.753. The van der Waals surface area contributed by atoms with Crippen LogP contribution in [0.4, 0.5) is 0 Å². The van der Waals surface area contributed by atoms with Gasteiger partial charge < -0.3 is 14.2 Å². The van der Waals surface area contributed by atoms with Crippen molar-refractivity contribution >= 4 is 17.9 Å². The van der Waals surface area contributed by atoms with Crippen LogP contribution in [0.15, 0.2) is 97.2 Å². The van der Waals surface area contributed by atoms with E-state index in [1.54, 1.807) is 0 Å². The van der Waals surface area contributed by atoms with Crippen LogP contribution >= 0.6 is 0 Å². The Kier molecular flexibility index (Phi) is 67.7. The van der Waals surface area contributed by atoms with E-state index >= 15 is 0 Å². The number of ether oxygens (including phenoxy) is 3. The van der Waals surface area contributed by atoms with Crippen LogP contribution in [0.5, 0.6) is 0 Å². The van der Waals surface area contributed by atoms with E-state index in [9.17, 15) is 14.4 Å². The largest absolute Gasteiger partial charge is 0.462 e. The molecule has 6 heteroatoms. The molecule has 0 aromatic rings. The summed E-state index contributed by atoms with van der Waals surface area (Å²) in [6.07, 6.45) is 95.7. The number of allylic oxidation sites excluding steroid dienone is 16. The Morgan fingerprint density at radius 3 is 0.747 bits per heavy atom. The van der Waals surface area contributed by atoms with Gasteiger partial charge in [0.1, 0.15) is 13.2 Å². The van der Waals surface area contributed by atoms with Crippen molar-refractivity contribution in [3.63, 3.8) is 0 Å². The average Bonchev–Trinajstić information content (AvgIpc) is 3.49. The van der Waals surface area contributed by atoms with Gasteiger partial charge in [-0.25, -0.2) is 0 Å². The van der Waals surface area contributed by atoms with Crippen LogP contribution in [0.3, 0.4) is 0 Å². The Bertz CT molecular complexity index is 1610. The maximum Gasteiger partial charge on any atom is 0.306 e. The minimum absolute atomic E-state index is 0.0825. The summed E-state index contributed by atoms with van der Waals surface area (Å²) in [5, 5.41) is 0. The van der Waals surface area contributed by atoms with Crippen LogP contribution in [0.25, 0.3) is 0 Å². The molecular weight excluding hydrogens is 1020 g/mol. The fourth-order valence-electron chi connectivity index (χ4n) is 10.2. The fourth-order valence-corrected chi connectivity index (χ4v) is 10.2. The minimum atomic E-state index is -0.789. The lowest BCUT2D eigenvalue weighted by molar-refractivity contribution is -0.167. The lowest BCUT2D eigenvalue weighted by Gasteiger charge is -2.18. The van der Waals surface area contributed by atoms with Gasteiger partial charge in [0.2, 0.25) is 0 Å². The van der Waals surface area contributed by atoms with Crippen molar-refractivity contribution < 1.29 is 28.6 Å². The summed E-state index contributed by atoms with van der Waals surface area (Å²) in [6.45, 7) is 6.54. The van der Waals surface area contributed by atoms with E-state index in [0.29, 0.717) is 19.3 Å². The van der Waals surface area contributed by atoms with Gasteiger partial charge >= 0.3 is 17.9 Å². The van der Waals surface area contributed by atoms with Gasteiger partial charge in [0, 0.05) is 19.3 Å². The zero-order valence-corrected chi connectivity index (χ0v) is 54.9. The first-order valence-electron chi connectivity index (χ1n) is 35.7. The predicted molar refractivity (Wildman–Crippen MR) is 362 cm³/mol. The van der Waals surface area contributed by atoms with Crippen LogP contribution in [0, 0.1) is 0 Å². The molecule has 0 saturated heterocycles. The summed E-state index contributed by atoms with van der Waals surface area (Å²) in [5.74, 6) is -0.883. The molecule has 0 fully saturated rings. The van der Waals surface area contributed by atoms with E-state index in [2.05, 4.69) is 118 Å². The molecule has 0 aliphatic carbocycles. The Labute approximate surface area is 515 Å². The summed E-state index contributed by atoms with van der Waals surface area (Å²) in [4.78, 5) is 38.5. The van der Waals surface area contributed by atoms with Gasteiger partial charge in [-0.15, -0.1) is 0 Å². The maximum absolute atomic E-state index is 13.0. The van der Waals surface area contributed by atoms with Gasteiger partial charge in [0.15, 0.2) is 6.10 Å². The molecule has 0 bridgehead atoms. The zero-order chi connectivity index (χ0) is 59.9. The maximum atomic E-state index is 13.0. The predicted octanol–water partition coefficient (Wildman–Crippen LogP) is 24.8. The van der Waals surface area contributed by atoms with Gasteiger partial charge in [-0.05, 0) is 122 Å². The smallest absolute Gasteiger partial charge is 0.306 e. The molecule has 83 heavy (non-hydrogen) atoms. The van der Waals surface area contributed by atoms with E-state index in [1.165, 1.54) is 205 Å². The Morgan fingerprint density at radius 2 is 0.470 bits per heavy atom. The first-order chi connectivity index (χ1) is 41.0. The van der Waals surface area contributed by atoms with Crippen LogP contribution in [-0.2, 0) is 28.6 Å². The van der Waals surface area contributed by atoms with E-state index in [0.717, 1.165) is 109 Å². The second-order valence-electron chi connectivity index (χ2n) is 23.8. The molecule has 0 saturated carbocycles. The van der Waals surface area contributed by atoms with Gasteiger partial charge in [0.25, 0.3) is 0 Å². The third kappa shape index (κ3) is 69.0. The molecule has 0 N–H and O–H groups in total. The molecular formula is C77H134O6. The highest BCUT2D eigenvalue weighted by Crippen LogP contribution is 2.17. The first kappa shape index (κ1) is 79.3. The lowest BCUT2D eigenvalue weighted by atomic mass is 10.0. The molecule has 0 spiro atoms. The van der Waals surface area contributed by atoms with Gasteiger partial charge in [-0.2, -0.15) is 0 Å². The monoisotopic (exact) mass is 1160 g/mol. The Balaban J connectivity index is 4.35. The van der Waals surface area contributed by atoms with Crippen molar-refractivity contribution in [1.29, 1.82) is 0 Å². The Morgan fingerprint density at radius 1 is 0.253 bits per heavy atom. The molecule has 478 valence electrons. The number of esters is 3. The molecule has 0 radical (unpaired) electrons. The van der Waals surface area contributed by atoms with Crippen LogP contribution < -0.4 is 0 Å². The molecule has 1 unspecified atom stereocenters. The quantitative estimate of drug-likeness (QED) is 0.0261. The van der Waals surface area contributed by atoms with Crippen molar-refractivity contribution in [2.75, 3.05) is 13.2 Å². The van der Waals surface area contributed by atoms with E-state index < -0.39 is 6.10 Å². The number of carbonyl (C=O) groups is 3. The average molecular weight is 1160 g/mol. The second-order valence-corrected chi connectivity index (χ2v) is 23.8. The molecule has 0 rings (SSSR count). The van der Waals surface area contributed by atoms with Crippen molar-refractivity contribution in [3.8, 4) is 0 Å². The van der Waals surface area contributed by atoms with Crippen molar-refractivity contribution in [2.24, 2.45) is 0 Å². The highest BCUT2D eigenvalue weighted by molar-refractivity contribution is 5.71. The van der Waals surface area contributed by atoms with Crippen molar-refractivity contribution in [3.05, 3.63) is 97.2 Å². The highest BCUT2D eigenvalue weighted by atomic mass is 16.6. The molecule has 0 aliphatic rings. The van der Waals surface area contributed by atoms with Crippen LogP contribution in [0.1, 0.15) is 355 Å². The minimum Gasteiger partial charge on any atom is -0.462 e. The van der Waals surface area contributed by atoms with Gasteiger partial charge in [-0.1, -0.05) is 311 Å². The number of hydrogen-bond acceptors (Lipinski definition) is 6. The van der Waals surface area contributed by atoms with Gasteiger partial charge in [-0.3, -0.25) is 14.4 Å². The van der Waals surface area contributed by atoms with E-state index in [-0.39, 0.29) is 31.1 Å². The lowest BCUT2D eigenvalue weighted by Crippen LogP contribution is -2.30. The number of carbonyl (C=O) groups excluding carboxylic acids is 3. The molecule has 0 aromatic heterocycles. The molecule has 0 aromatic carbocycles. The molecule has 0 heterocycles. The number of rotatable bonds is 65. The second kappa shape index (κ2) is 70.8. The molecule has 0 amide bonds. The SMILES string of the molecule is CC/C=C\C/C=C\C/C=C\C/C=C\CCCCCCCCCCCCCCCCC(=O)OCC(COC(=O)CCCCCCCCC/C=C\CCCCCCCC)OC(=O)CCCCCCCC/C=C\C/C=C\C/C=C\CCCCCCC. The molecule has 1 atom stereocenters. The van der Waals surface area contributed by atoms with Crippen molar-refractivity contribution in [2.45, 2.75) is 361 Å². The normalized spacial score (nSPS) is 12.7.